The first-order chi connectivity index (χ1) is 10.8. The highest BCUT2D eigenvalue weighted by Gasteiger charge is 2.30. The summed E-state index contributed by atoms with van der Waals surface area (Å²) in [6, 6.07) is 0. The highest BCUT2D eigenvalue weighted by Crippen LogP contribution is 2.26. The molecule has 0 radical (unpaired) electrons. The number of aromatic nitrogens is 2. The molecule has 0 N–H and O–H groups in total. The Morgan fingerprint density at radius 2 is 2.05 bits per heavy atom. The molecule has 1 atom stereocenters. The van der Waals surface area contributed by atoms with Gasteiger partial charge >= 0.3 is 0 Å². The smallest absolute Gasteiger partial charge is 0.223 e. The molecule has 1 amide bonds. The highest BCUT2D eigenvalue weighted by atomic mass is 16.5. The van der Waals surface area contributed by atoms with Crippen molar-refractivity contribution in [1.29, 1.82) is 0 Å². The van der Waals surface area contributed by atoms with E-state index in [9.17, 15) is 4.79 Å². The molecule has 0 unspecified atom stereocenters. The van der Waals surface area contributed by atoms with Crippen LogP contribution in [0.15, 0.2) is 12.4 Å². The molecule has 0 saturated carbocycles. The van der Waals surface area contributed by atoms with Gasteiger partial charge in [-0.2, -0.15) is 0 Å². The largest absolute Gasteiger partial charge is 0.383 e. The average molecular weight is 304 g/mol. The summed E-state index contributed by atoms with van der Waals surface area (Å²) in [5, 5.41) is 0. The van der Waals surface area contributed by atoms with Gasteiger partial charge in [0.1, 0.15) is 5.82 Å². The van der Waals surface area contributed by atoms with Gasteiger partial charge < -0.3 is 14.5 Å². The van der Waals surface area contributed by atoms with Gasteiger partial charge in [-0.1, -0.05) is 0 Å². The van der Waals surface area contributed by atoms with Crippen LogP contribution in [0.1, 0.15) is 25.0 Å². The maximum absolute atomic E-state index is 12.0. The number of nitrogens with zero attached hydrogens (tertiary/aromatic N) is 4. The van der Waals surface area contributed by atoms with Crippen molar-refractivity contribution in [3.05, 3.63) is 18.1 Å². The number of carbonyl (C=O) groups excluding carboxylic acids is 1. The molecule has 0 aliphatic carbocycles. The van der Waals surface area contributed by atoms with E-state index in [1.807, 2.05) is 4.90 Å². The SMILES string of the molecule is COCCN1C[C@H](Cc2nccnc2N2CCCC2)CC1=O. The quantitative estimate of drug-likeness (QED) is 0.788. The number of likely N-dealkylation sites (tertiary alicyclic amines) is 1. The fraction of sp³-hybridized carbons (Fsp3) is 0.688. The van der Waals surface area contributed by atoms with E-state index in [0.717, 1.165) is 37.6 Å². The zero-order chi connectivity index (χ0) is 15.4. The van der Waals surface area contributed by atoms with Crippen molar-refractivity contribution < 1.29 is 9.53 Å². The summed E-state index contributed by atoms with van der Waals surface area (Å²) >= 11 is 0. The zero-order valence-electron chi connectivity index (χ0n) is 13.2. The van der Waals surface area contributed by atoms with Crippen molar-refractivity contribution in [1.82, 2.24) is 14.9 Å². The van der Waals surface area contributed by atoms with Crippen molar-refractivity contribution in [2.24, 2.45) is 5.92 Å². The van der Waals surface area contributed by atoms with Gasteiger partial charge in [-0.25, -0.2) is 4.98 Å². The maximum atomic E-state index is 12.0. The number of hydrogen-bond acceptors (Lipinski definition) is 5. The molecule has 22 heavy (non-hydrogen) atoms. The van der Waals surface area contributed by atoms with E-state index >= 15 is 0 Å². The van der Waals surface area contributed by atoms with E-state index in [-0.39, 0.29) is 5.91 Å². The number of amides is 1. The number of ether oxygens (including phenoxy) is 1. The lowest BCUT2D eigenvalue weighted by atomic mass is 10.0. The molecular formula is C16H24N4O2. The molecular weight excluding hydrogens is 280 g/mol. The van der Waals surface area contributed by atoms with Crippen molar-refractivity contribution in [3.8, 4) is 0 Å². The maximum Gasteiger partial charge on any atom is 0.223 e. The van der Waals surface area contributed by atoms with Crippen molar-refractivity contribution in [2.45, 2.75) is 25.7 Å². The minimum atomic E-state index is 0.230. The molecule has 3 rings (SSSR count). The molecule has 0 bridgehead atoms. The molecule has 0 spiro atoms. The van der Waals surface area contributed by atoms with Gasteiger partial charge in [-0.15, -0.1) is 0 Å². The Hall–Kier alpha value is -1.69. The van der Waals surface area contributed by atoms with Crippen LogP contribution in [0.5, 0.6) is 0 Å². The van der Waals surface area contributed by atoms with Gasteiger partial charge in [0.15, 0.2) is 0 Å². The lowest BCUT2D eigenvalue weighted by Crippen LogP contribution is -2.29. The topological polar surface area (TPSA) is 58.6 Å². The molecule has 2 aliphatic rings. The Bertz CT molecular complexity index is 517. The summed E-state index contributed by atoms with van der Waals surface area (Å²) < 4.78 is 5.07. The van der Waals surface area contributed by atoms with Crippen LogP contribution in [0, 0.1) is 5.92 Å². The Morgan fingerprint density at radius 1 is 1.27 bits per heavy atom. The fourth-order valence-electron chi connectivity index (χ4n) is 3.38. The van der Waals surface area contributed by atoms with E-state index in [1.54, 1.807) is 19.5 Å². The zero-order valence-corrected chi connectivity index (χ0v) is 13.2. The van der Waals surface area contributed by atoms with Crippen LogP contribution in [-0.2, 0) is 16.0 Å². The third-order valence-corrected chi connectivity index (χ3v) is 4.50. The summed E-state index contributed by atoms with van der Waals surface area (Å²) in [4.78, 5) is 25.3. The first-order valence-corrected chi connectivity index (χ1v) is 8.09. The lowest BCUT2D eigenvalue weighted by molar-refractivity contribution is -0.128. The summed E-state index contributed by atoms with van der Waals surface area (Å²) in [5.41, 5.74) is 1.04. The van der Waals surface area contributed by atoms with Gasteiger partial charge in [0.05, 0.1) is 12.3 Å². The minimum absolute atomic E-state index is 0.230. The number of hydrogen-bond donors (Lipinski definition) is 0. The van der Waals surface area contributed by atoms with Crippen LogP contribution in [0.2, 0.25) is 0 Å². The predicted octanol–water partition coefficient (Wildman–Crippen LogP) is 1.11. The highest BCUT2D eigenvalue weighted by molar-refractivity contribution is 5.78. The lowest BCUT2D eigenvalue weighted by Gasteiger charge is -2.20. The standard InChI is InChI=1S/C16H24N4O2/c1-22-9-8-20-12-13(11-15(20)21)10-14-16(18-5-4-17-14)19-6-2-3-7-19/h4-5,13H,2-3,6-12H2,1H3/t13-/m1/s1. The summed E-state index contributed by atoms with van der Waals surface area (Å²) in [7, 11) is 1.67. The molecule has 2 aliphatic heterocycles. The minimum Gasteiger partial charge on any atom is -0.383 e. The van der Waals surface area contributed by atoms with Crippen LogP contribution in [0.25, 0.3) is 0 Å². The predicted molar refractivity (Wildman–Crippen MR) is 83.7 cm³/mol. The molecule has 1 aromatic rings. The molecule has 0 aromatic carbocycles. The molecule has 3 heterocycles. The van der Waals surface area contributed by atoms with Gasteiger partial charge in [0.25, 0.3) is 0 Å². The van der Waals surface area contributed by atoms with E-state index in [2.05, 4.69) is 14.9 Å². The van der Waals surface area contributed by atoms with Crippen LogP contribution in [-0.4, -0.2) is 60.7 Å². The van der Waals surface area contributed by atoms with Crippen molar-refractivity contribution in [3.63, 3.8) is 0 Å². The van der Waals surface area contributed by atoms with Crippen molar-refractivity contribution in [2.75, 3.05) is 44.8 Å². The molecule has 2 saturated heterocycles. The Morgan fingerprint density at radius 3 is 2.82 bits per heavy atom. The van der Waals surface area contributed by atoms with E-state index in [4.69, 9.17) is 4.74 Å². The van der Waals surface area contributed by atoms with Gasteiger partial charge in [-0.05, 0) is 25.2 Å². The second-order valence-corrected chi connectivity index (χ2v) is 6.13. The monoisotopic (exact) mass is 304 g/mol. The van der Waals surface area contributed by atoms with Crippen LogP contribution >= 0.6 is 0 Å². The second kappa shape index (κ2) is 7.05. The van der Waals surface area contributed by atoms with Crippen LogP contribution in [0.3, 0.4) is 0 Å². The number of anilines is 1. The molecule has 120 valence electrons. The summed E-state index contributed by atoms with van der Waals surface area (Å²) in [6.45, 7) is 4.22. The summed E-state index contributed by atoms with van der Waals surface area (Å²) in [5.74, 6) is 1.58. The molecule has 1 aromatic heterocycles. The average Bonchev–Trinajstić information content (AvgIpc) is 3.16. The summed E-state index contributed by atoms with van der Waals surface area (Å²) in [6.07, 6.45) is 7.41. The normalized spacial score (nSPS) is 21.9. The second-order valence-electron chi connectivity index (χ2n) is 6.13. The van der Waals surface area contributed by atoms with E-state index < -0.39 is 0 Å². The van der Waals surface area contributed by atoms with Gasteiger partial charge in [0, 0.05) is 52.1 Å². The Kier molecular flexibility index (Phi) is 4.87. The van der Waals surface area contributed by atoms with Crippen LogP contribution < -0.4 is 4.90 Å². The first kappa shape index (κ1) is 15.2. The Labute approximate surface area is 131 Å². The fourth-order valence-corrected chi connectivity index (χ4v) is 3.38. The third-order valence-electron chi connectivity index (χ3n) is 4.50. The van der Waals surface area contributed by atoms with E-state index in [1.165, 1.54) is 12.8 Å². The third kappa shape index (κ3) is 3.38. The number of methoxy groups -OCH3 is 1. The first-order valence-electron chi connectivity index (χ1n) is 8.09. The van der Waals surface area contributed by atoms with E-state index in [0.29, 0.717) is 25.5 Å². The Balaban J connectivity index is 1.65. The number of carbonyl (C=O) groups is 1. The molecule has 6 heteroatoms. The van der Waals surface area contributed by atoms with Crippen molar-refractivity contribution >= 4 is 11.7 Å². The van der Waals surface area contributed by atoms with Gasteiger partial charge in [-0.3, -0.25) is 9.78 Å². The number of rotatable bonds is 6. The molecule has 2 fully saturated rings. The molecule has 6 nitrogen and oxygen atoms in total. The van der Waals surface area contributed by atoms with Gasteiger partial charge in [0.2, 0.25) is 5.91 Å². The van der Waals surface area contributed by atoms with Crippen LogP contribution in [0.4, 0.5) is 5.82 Å².